The smallest absolute Gasteiger partial charge is 0.289 e. The molecule has 1 aromatic carbocycles. The summed E-state index contributed by atoms with van der Waals surface area (Å²) < 4.78 is 34.3. The van der Waals surface area contributed by atoms with Gasteiger partial charge < -0.3 is 4.79 Å². The predicted molar refractivity (Wildman–Crippen MR) is 84.5 cm³/mol. The molecule has 0 spiro atoms. The van der Waals surface area contributed by atoms with E-state index in [9.17, 15) is 23.3 Å². The van der Waals surface area contributed by atoms with Gasteiger partial charge in [-0.25, -0.2) is 8.42 Å². The summed E-state index contributed by atoms with van der Waals surface area (Å²) in [6.45, 7) is 2.04. The van der Waals surface area contributed by atoms with Crippen LogP contribution in [0.2, 0.25) is 0 Å². The van der Waals surface area contributed by atoms with Crippen LogP contribution in [0.4, 0.5) is 5.69 Å². The molecule has 0 N–H and O–H groups in total. The fourth-order valence-electron chi connectivity index (χ4n) is 2.63. The maximum Gasteiger partial charge on any atom is 0.289 e. The Morgan fingerprint density at radius 2 is 2.04 bits per heavy atom. The number of benzene rings is 1. The van der Waals surface area contributed by atoms with E-state index in [-0.39, 0.29) is 0 Å². The number of aldehydes is 1. The Morgan fingerprint density at radius 1 is 1.35 bits per heavy atom. The average Bonchev–Trinajstić information content (AvgIpc) is 3.17. The second-order valence-electron chi connectivity index (χ2n) is 5.43. The Bertz CT molecular complexity index is 739. The van der Waals surface area contributed by atoms with Gasteiger partial charge >= 0.3 is 0 Å². The minimum atomic E-state index is -4.28. The molecule has 1 unspecified atom stereocenters. The minimum absolute atomic E-state index is 0.295. The van der Waals surface area contributed by atoms with Gasteiger partial charge in [-0.1, -0.05) is 44.7 Å². The molecule has 8 heteroatoms. The molecule has 1 saturated heterocycles. The quantitative estimate of drug-likeness (QED) is 0.226. The largest absolute Gasteiger partial charge is 0.302 e. The normalized spacial score (nSPS) is 27.3. The Kier molecular flexibility index (Phi) is 5.02. The van der Waals surface area contributed by atoms with Gasteiger partial charge in [0.15, 0.2) is 4.90 Å². The maximum atomic E-state index is 12.7. The van der Waals surface area contributed by atoms with Crippen LogP contribution < -0.4 is 0 Å². The van der Waals surface area contributed by atoms with Crippen LogP contribution in [-0.4, -0.2) is 36.0 Å². The van der Waals surface area contributed by atoms with Gasteiger partial charge in [0.05, 0.1) is 12.3 Å². The number of sulfonamides is 1. The highest BCUT2D eigenvalue weighted by molar-refractivity contribution is 7.89. The first-order valence-electron chi connectivity index (χ1n) is 8.05. The molecule has 1 aliphatic rings. The minimum Gasteiger partial charge on any atom is -0.302 e. The van der Waals surface area contributed by atoms with Crippen molar-refractivity contribution in [2.45, 2.75) is 56.0 Å². The first kappa shape index (κ1) is 16.1. The summed E-state index contributed by atoms with van der Waals surface area (Å²) in [5.74, 6) is 0. The third-order valence-electron chi connectivity index (χ3n) is 3.86. The number of hydrogen-bond acceptors (Lipinski definition) is 5. The van der Waals surface area contributed by atoms with Crippen molar-refractivity contribution in [1.82, 2.24) is 4.31 Å². The van der Waals surface area contributed by atoms with Crippen LogP contribution in [-0.2, 0) is 14.8 Å². The highest BCUT2D eigenvalue weighted by Crippen LogP contribution is 2.40. The fourth-order valence-corrected chi connectivity index (χ4v) is 4.45. The summed E-state index contributed by atoms with van der Waals surface area (Å²) in [6.07, 6.45) is 4.29. The summed E-state index contributed by atoms with van der Waals surface area (Å²) >= 11 is 0. The number of nitro benzene ring substituents is 1. The van der Waals surface area contributed by atoms with Gasteiger partial charge in [-0.2, -0.15) is 4.31 Å². The van der Waals surface area contributed by atoms with E-state index in [0.717, 1.165) is 35.7 Å². The van der Waals surface area contributed by atoms with Gasteiger partial charge in [0, 0.05) is 12.1 Å². The van der Waals surface area contributed by atoms with E-state index in [0.29, 0.717) is 19.1 Å². The van der Waals surface area contributed by atoms with Crippen molar-refractivity contribution >= 4 is 22.0 Å². The molecule has 0 radical (unpaired) electrons. The molecule has 126 valence electrons. The van der Waals surface area contributed by atoms with Gasteiger partial charge in [-0.05, 0) is 12.5 Å². The molecule has 23 heavy (non-hydrogen) atoms. The molecule has 7 nitrogen and oxygen atoms in total. The zero-order chi connectivity index (χ0) is 18.0. The molecule has 0 saturated carbocycles. The van der Waals surface area contributed by atoms with Crippen LogP contribution >= 0.6 is 0 Å². The van der Waals surface area contributed by atoms with E-state index >= 15 is 0 Å². The van der Waals surface area contributed by atoms with Gasteiger partial charge in [-0.3, -0.25) is 10.1 Å². The van der Waals surface area contributed by atoms with Gasteiger partial charge in [-0.15, -0.1) is 0 Å². The van der Waals surface area contributed by atoms with Crippen molar-refractivity contribution in [3.8, 4) is 0 Å². The number of rotatable bonds is 9. The van der Waals surface area contributed by atoms with Crippen LogP contribution in [0.25, 0.3) is 0 Å². The number of unbranched alkanes of at least 4 members (excludes halogenated alkanes) is 3. The van der Waals surface area contributed by atoms with Crippen molar-refractivity contribution in [1.29, 1.82) is 0 Å². The van der Waals surface area contributed by atoms with E-state index in [1.165, 1.54) is 12.1 Å². The molecular formula is C15H20N2O5S. The Labute approximate surface area is 136 Å². The second kappa shape index (κ2) is 7.18. The summed E-state index contributed by atoms with van der Waals surface area (Å²) in [7, 11) is -4.28. The van der Waals surface area contributed by atoms with Crippen LogP contribution in [0.15, 0.2) is 29.2 Å². The van der Waals surface area contributed by atoms with Crippen molar-refractivity contribution < 1.29 is 19.5 Å². The SMILES string of the molecule is [2H][C@]1(C=O)[C@@H](CCCCCC)N1S(=O)(=O)c1ccccc1[N+](=O)[O-]. The summed E-state index contributed by atoms with van der Waals surface area (Å²) in [5.41, 5.74) is -0.553. The Hall–Kier alpha value is -1.80. The molecule has 1 fully saturated rings. The van der Waals surface area contributed by atoms with Crippen molar-refractivity contribution in [3.63, 3.8) is 0 Å². The number of nitrogens with zero attached hydrogens (tertiary/aromatic N) is 2. The highest BCUT2D eigenvalue weighted by atomic mass is 32.2. The lowest BCUT2D eigenvalue weighted by molar-refractivity contribution is -0.387. The second-order valence-corrected chi connectivity index (χ2v) is 7.22. The lowest BCUT2D eigenvalue weighted by Gasteiger charge is -2.07. The van der Waals surface area contributed by atoms with Crippen LogP contribution in [0.1, 0.15) is 40.4 Å². The number of carbonyl (C=O) groups is 1. The zero-order valence-electron chi connectivity index (χ0n) is 13.8. The van der Waals surface area contributed by atoms with Crippen LogP contribution in [0, 0.1) is 10.1 Å². The monoisotopic (exact) mass is 341 g/mol. The predicted octanol–water partition coefficient (Wildman–Crippen LogP) is 2.51. The maximum absolute atomic E-state index is 12.7. The number of carbonyl (C=O) groups excluding carboxylic acids is 1. The third-order valence-corrected chi connectivity index (χ3v) is 5.75. The van der Waals surface area contributed by atoms with Gasteiger partial charge in [0.1, 0.15) is 6.29 Å². The number of hydrogen-bond donors (Lipinski definition) is 0. The van der Waals surface area contributed by atoms with E-state index in [2.05, 4.69) is 0 Å². The molecule has 0 aromatic heterocycles. The lowest BCUT2D eigenvalue weighted by atomic mass is 10.1. The number of para-hydroxylation sites is 1. The highest BCUT2D eigenvalue weighted by Gasteiger charge is 2.56. The van der Waals surface area contributed by atoms with E-state index in [4.69, 9.17) is 1.37 Å². The van der Waals surface area contributed by atoms with E-state index in [1.54, 1.807) is 0 Å². The lowest BCUT2D eigenvalue weighted by Crippen LogP contribution is -2.17. The molecule has 3 atom stereocenters. The number of nitro groups is 1. The molecule has 1 heterocycles. The first-order chi connectivity index (χ1) is 11.3. The van der Waals surface area contributed by atoms with Crippen molar-refractivity contribution in [2.24, 2.45) is 0 Å². The molecule has 1 aliphatic heterocycles. The summed E-state index contributed by atoms with van der Waals surface area (Å²) in [4.78, 5) is 21.1. The Morgan fingerprint density at radius 3 is 2.65 bits per heavy atom. The van der Waals surface area contributed by atoms with Gasteiger partial charge in [0.2, 0.25) is 0 Å². The summed E-state index contributed by atoms with van der Waals surface area (Å²) in [6, 6.07) is 2.34. The van der Waals surface area contributed by atoms with Gasteiger partial charge in [0.25, 0.3) is 15.7 Å². The first-order valence-corrected chi connectivity index (χ1v) is 8.99. The Balaban J connectivity index is 2.29. The third kappa shape index (κ3) is 3.59. The summed E-state index contributed by atoms with van der Waals surface area (Å²) in [5, 5.41) is 11.1. The van der Waals surface area contributed by atoms with Crippen molar-refractivity contribution in [2.75, 3.05) is 0 Å². The van der Waals surface area contributed by atoms with Crippen LogP contribution in [0.5, 0.6) is 0 Å². The zero-order valence-corrected chi connectivity index (χ0v) is 13.7. The molecule has 0 amide bonds. The molecule has 0 aliphatic carbocycles. The van der Waals surface area contributed by atoms with E-state index < -0.39 is 37.6 Å². The molecule has 1 aromatic rings. The van der Waals surface area contributed by atoms with E-state index in [1.807, 2.05) is 6.92 Å². The fraction of sp³-hybridized carbons (Fsp3) is 0.533. The average molecular weight is 341 g/mol. The topological polar surface area (TPSA) is 97.4 Å². The standard InChI is InChI=1S/C15H20N2O5S/c1-2-3-4-5-8-12-14(11-18)16(12)23(21,22)15-10-7-6-9-13(15)17(19)20/h6-7,9-12,14H,2-5,8H2,1H3/t12-,14+,16?/m1/s1/i14D. The molecular weight excluding hydrogens is 320 g/mol. The molecule has 2 rings (SSSR count). The van der Waals surface area contributed by atoms with Crippen molar-refractivity contribution in [3.05, 3.63) is 34.4 Å². The molecule has 0 bridgehead atoms. The van der Waals surface area contributed by atoms with Crippen LogP contribution in [0.3, 0.4) is 0 Å².